The Morgan fingerprint density at radius 1 is 1.47 bits per heavy atom. The molecule has 1 amide bonds. The van der Waals surface area contributed by atoms with Crippen molar-refractivity contribution in [2.24, 2.45) is 7.05 Å². The molecule has 1 aromatic heterocycles. The molecule has 1 aromatic rings. The van der Waals surface area contributed by atoms with E-state index in [1.54, 1.807) is 6.20 Å². The van der Waals surface area contributed by atoms with Gasteiger partial charge >= 0.3 is 0 Å². The van der Waals surface area contributed by atoms with Crippen LogP contribution in [0.3, 0.4) is 0 Å². The zero-order valence-electron chi connectivity index (χ0n) is 11.0. The summed E-state index contributed by atoms with van der Waals surface area (Å²) in [6.45, 7) is 6.56. The van der Waals surface area contributed by atoms with Crippen LogP contribution >= 0.6 is 0 Å². The molecule has 0 saturated heterocycles. The molecule has 0 aliphatic carbocycles. The number of hydrogen-bond acceptors (Lipinski definition) is 3. The second-order valence-electron chi connectivity index (χ2n) is 4.54. The van der Waals surface area contributed by atoms with Gasteiger partial charge in [0, 0.05) is 37.9 Å². The summed E-state index contributed by atoms with van der Waals surface area (Å²) >= 11 is 0. The van der Waals surface area contributed by atoms with Gasteiger partial charge < -0.3 is 10.6 Å². The van der Waals surface area contributed by atoms with Crippen molar-refractivity contribution in [2.75, 3.05) is 6.54 Å². The van der Waals surface area contributed by atoms with Crippen LogP contribution in [0.4, 0.5) is 0 Å². The van der Waals surface area contributed by atoms with Crippen LogP contribution in [-0.4, -0.2) is 34.3 Å². The molecule has 0 radical (unpaired) electrons. The average molecular weight is 238 g/mol. The van der Waals surface area contributed by atoms with E-state index in [0.717, 1.165) is 18.7 Å². The molecule has 5 nitrogen and oxygen atoms in total. The van der Waals surface area contributed by atoms with Crippen LogP contribution in [0.5, 0.6) is 0 Å². The Kier molecular flexibility index (Phi) is 5.15. The van der Waals surface area contributed by atoms with Gasteiger partial charge in [-0.05, 0) is 26.8 Å². The summed E-state index contributed by atoms with van der Waals surface area (Å²) in [5.74, 6) is 0.0463. The van der Waals surface area contributed by atoms with Gasteiger partial charge in [-0.2, -0.15) is 5.10 Å². The molecular formula is C12H22N4O. The summed E-state index contributed by atoms with van der Waals surface area (Å²) < 4.78 is 1.85. The second-order valence-corrected chi connectivity index (χ2v) is 4.54. The van der Waals surface area contributed by atoms with Crippen molar-refractivity contribution < 1.29 is 4.79 Å². The van der Waals surface area contributed by atoms with E-state index in [0.29, 0.717) is 0 Å². The van der Waals surface area contributed by atoms with Crippen LogP contribution in [0, 0.1) is 0 Å². The fourth-order valence-corrected chi connectivity index (χ4v) is 1.57. The van der Waals surface area contributed by atoms with E-state index in [1.807, 2.05) is 38.6 Å². The van der Waals surface area contributed by atoms with Crippen molar-refractivity contribution in [3.63, 3.8) is 0 Å². The Balaban J connectivity index is 2.27. The van der Waals surface area contributed by atoms with Crippen molar-refractivity contribution >= 4 is 5.91 Å². The lowest BCUT2D eigenvalue weighted by atomic mass is 10.2. The minimum absolute atomic E-state index is 0.0463. The van der Waals surface area contributed by atoms with E-state index in [9.17, 15) is 4.79 Å². The smallest absolute Gasteiger partial charge is 0.237 e. The first-order chi connectivity index (χ1) is 8.00. The highest BCUT2D eigenvalue weighted by Crippen LogP contribution is 1.96. The SMILES string of the molecule is CC(C)NC(=O)C(C)NCCc1ccnn1C. The third kappa shape index (κ3) is 4.56. The monoisotopic (exact) mass is 238 g/mol. The van der Waals surface area contributed by atoms with Gasteiger partial charge in [0.05, 0.1) is 6.04 Å². The number of hydrogen-bond donors (Lipinski definition) is 2. The van der Waals surface area contributed by atoms with Gasteiger partial charge in [0.1, 0.15) is 0 Å². The van der Waals surface area contributed by atoms with E-state index >= 15 is 0 Å². The van der Waals surface area contributed by atoms with Gasteiger partial charge in [0.15, 0.2) is 0 Å². The van der Waals surface area contributed by atoms with Crippen LogP contribution in [-0.2, 0) is 18.3 Å². The summed E-state index contributed by atoms with van der Waals surface area (Å²) in [4.78, 5) is 11.6. The molecule has 1 unspecified atom stereocenters. The minimum Gasteiger partial charge on any atom is -0.353 e. The normalized spacial score (nSPS) is 12.8. The molecule has 1 rings (SSSR count). The van der Waals surface area contributed by atoms with Gasteiger partial charge in [0.2, 0.25) is 5.91 Å². The number of carbonyl (C=O) groups excluding carboxylic acids is 1. The molecule has 0 saturated carbocycles. The molecule has 1 atom stereocenters. The van der Waals surface area contributed by atoms with Crippen molar-refractivity contribution in [1.82, 2.24) is 20.4 Å². The van der Waals surface area contributed by atoms with Crippen LogP contribution in [0.1, 0.15) is 26.5 Å². The number of aryl methyl sites for hydroxylation is 1. The fraction of sp³-hybridized carbons (Fsp3) is 0.667. The third-order valence-corrected chi connectivity index (χ3v) is 2.58. The summed E-state index contributed by atoms with van der Waals surface area (Å²) in [5.41, 5.74) is 1.16. The van der Waals surface area contributed by atoms with E-state index in [2.05, 4.69) is 15.7 Å². The summed E-state index contributed by atoms with van der Waals surface area (Å²) in [6, 6.07) is 2.01. The minimum atomic E-state index is -0.161. The van der Waals surface area contributed by atoms with Gasteiger partial charge in [-0.3, -0.25) is 9.48 Å². The standard InChI is InChI=1S/C12H22N4O/c1-9(2)15-12(17)10(3)13-7-5-11-6-8-14-16(11)4/h6,8-10,13H,5,7H2,1-4H3,(H,15,17). The fourth-order valence-electron chi connectivity index (χ4n) is 1.57. The Bertz CT molecular complexity index is 359. The number of carbonyl (C=O) groups is 1. The molecule has 0 bridgehead atoms. The van der Waals surface area contributed by atoms with E-state index < -0.39 is 0 Å². The van der Waals surface area contributed by atoms with Gasteiger partial charge in [-0.15, -0.1) is 0 Å². The Morgan fingerprint density at radius 2 is 2.18 bits per heavy atom. The first-order valence-electron chi connectivity index (χ1n) is 6.01. The van der Waals surface area contributed by atoms with Crippen molar-refractivity contribution in [2.45, 2.75) is 39.3 Å². The van der Waals surface area contributed by atoms with Crippen LogP contribution in [0.25, 0.3) is 0 Å². The molecule has 0 fully saturated rings. The van der Waals surface area contributed by atoms with E-state index in [4.69, 9.17) is 0 Å². The quantitative estimate of drug-likeness (QED) is 0.757. The van der Waals surface area contributed by atoms with Crippen molar-refractivity contribution in [3.05, 3.63) is 18.0 Å². The topological polar surface area (TPSA) is 59.0 Å². The molecule has 0 aliphatic heterocycles. The first kappa shape index (κ1) is 13.7. The van der Waals surface area contributed by atoms with Gasteiger partial charge in [-0.1, -0.05) is 0 Å². The molecule has 2 N–H and O–H groups in total. The summed E-state index contributed by atoms with van der Waals surface area (Å²) in [7, 11) is 1.92. The maximum atomic E-state index is 11.6. The first-order valence-corrected chi connectivity index (χ1v) is 6.01. The lowest BCUT2D eigenvalue weighted by Gasteiger charge is -2.15. The lowest BCUT2D eigenvalue weighted by molar-refractivity contribution is -0.123. The molecule has 96 valence electrons. The van der Waals surface area contributed by atoms with Crippen LogP contribution < -0.4 is 10.6 Å². The number of amides is 1. The molecule has 1 heterocycles. The van der Waals surface area contributed by atoms with Gasteiger partial charge in [-0.25, -0.2) is 0 Å². The largest absolute Gasteiger partial charge is 0.353 e. The Hall–Kier alpha value is -1.36. The highest BCUT2D eigenvalue weighted by atomic mass is 16.2. The number of nitrogens with one attached hydrogen (secondary N) is 2. The van der Waals surface area contributed by atoms with E-state index in [-0.39, 0.29) is 18.0 Å². The molecule has 0 aliphatic rings. The number of aromatic nitrogens is 2. The van der Waals surface area contributed by atoms with Crippen molar-refractivity contribution in [3.8, 4) is 0 Å². The highest BCUT2D eigenvalue weighted by molar-refractivity contribution is 5.81. The number of rotatable bonds is 6. The molecule has 17 heavy (non-hydrogen) atoms. The molecular weight excluding hydrogens is 216 g/mol. The second kappa shape index (κ2) is 6.39. The number of nitrogens with zero attached hydrogens (tertiary/aromatic N) is 2. The Labute approximate surface area is 103 Å². The molecule has 0 spiro atoms. The lowest BCUT2D eigenvalue weighted by Crippen LogP contribution is -2.45. The maximum absolute atomic E-state index is 11.6. The van der Waals surface area contributed by atoms with Gasteiger partial charge in [0.25, 0.3) is 0 Å². The summed E-state index contributed by atoms with van der Waals surface area (Å²) in [5, 5.41) is 10.2. The highest BCUT2D eigenvalue weighted by Gasteiger charge is 2.12. The molecule has 0 aromatic carbocycles. The van der Waals surface area contributed by atoms with Crippen LogP contribution in [0.2, 0.25) is 0 Å². The third-order valence-electron chi connectivity index (χ3n) is 2.58. The zero-order valence-corrected chi connectivity index (χ0v) is 11.0. The maximum Gasteiger partial charge on any atom is 0.237 e. The molecule has 5 heteroatoms. The van der Waals surface area contributed by atoms with E-state index in [1.165, 1.54) is 0 Å². The average Bonchev–Trinajstić information content (AvgIpc) is 2.63. The predicted molar refractivity (Wildman–Crippen MR) is 67.7 cm³/mol. The van der Waals surface area contributed by atoms with Crippen molar-refractivity contribution in [1.29, 1.82) is 0 Å². The van der Waals surface area contributed by atoms with Crippen LogP contribution in [0.15, 0.2) is 12.3 Å². The Morgan fingerprint density at radius 3 is 2.71 bits per heavy atom. The summed E-state index contributed by atoms with van der Waals surface area (Å²) in [6.07, 6.45) is 2.65. The zero-order chi connectivity index (χ0) is 12.8. The predicted octanol–water partition coefficient (Wildman–Crippen LogP) is 0.465.